The predicted molar refractivity (Wildman–Crippen MR) is 55.7 cm³/mol. The molecule has 0 amide bonds. The molecule has 1 saturated heterocycles. The van der Waals surface area contributed by atoms with Gasteiger partial charge in [0.25, 0.3) is 0 Å². The zero-order valence-corrected chi connectivity index (χ0v) is 8.39. The Morgan fingerprint density at radius 1 is 1.46 bits per heavy atom. The van der Waals surface area contributed by atoms with Crippen LogP contribution in [-0.2, 0) is 6.54 Å². The van der Waals surface area contributed by atoms with Gasteiger partial charge >= 0.3 is 0 Å². The van der Waals surface area contributed by atoms with Crippen molar-refractivity contribution in [1.29, 1.82) is 0 Å². The largest absolute Gasteiger partial charge is 0.296 e. The fourth-order valence-corrected chi connectivity index (χ4v) is 2.41. The van der Waals surface area contributed by atoms with Crippen molar-refractivity contribution in [2.24, 2.45) is 0 Å². The summed E-state index contributed by atoms with van der Waals surface area (Å²) in [6.07, 6.45) is 1.81. The van der Waals surface area contributed by atoms with Crippen LogP contribution in [0.4, 0.5) is 0 Å². The highest BCUT2D eigenvalue weighted by Gasteiger charge is 2.10. The summed E-state index contributed by atoms with van der Waals surface area (Å²) in [5.74, 6) is 2.52. The Bertz CT molecular complexity index is 244. The van der Waals surface area contributed by atoms with Crippen molar-refractivity contribution in [3.8, 4) is 0 Å². The van der Waals surface area contributed by atoms with E-state index in [0.717, 1.165) is 12.2 Å². The minimum atomic E-state index is 0.984. The van der Waals surface area contributed by atoms with Crippen LogP contribution < -0.4 is 0 Å². The van der Waals surface area contributed by atoms with Crippen molar-refractivity contribution in [3.63, 3.8) is 0 Å². The number of hydrogen-bond acceptors (Lipinski definition) is 3. The first-order valence-electron chi connectivity index (χ1n) is 4.56. The smallest absolute Gasteiger partial charge is 0.0550 e. The summed E-state index contributed by atoms with van der Waals surface area (Å²) in [5, 5.41) is 0. The standard InChI is InChI=1S/C10H13N2S/c1-2-4-11-10(3-1)9-12-5-7-13-8-6-12/h2-4H,5-9H2. The van der Waals surface area contributed by atoms with E-state index >= 15 is 0 Å². The minimum Gasteiger partial charge on any atom is -0.296 e. The van der Waals surface area contributed by atoms with Crippen LogP contribution in [-0.4, -0.2) is 34.5 Å². The molecule has 2 rings (SSSR count). The van der Waals surface area contributed by atoms with Gasteiger partial charge in [-0.15, -0.1) is 0 Å². The number of rotatable bonds is 2. The molecule has 0 aliphatic carbocycles. The maximum Gasteiger partial charge on any atom is 0.0550 e. The fraction of sp³-hybridized carbons (Fsp3) is 0.500. The molecule has 2 nitrogen and oxygen atoms in total. The third-order valence-electron chi connectivity index (χ3n) is 2.15. The van der Waals surface area contributed by atoms with E-state index in [-0.39, 0.29) is 0 Å². The van der Waals surface area contributed by atoms with E-state index in [9.17, 15) is 0 Å². The van der Waals surface area contributed by atoms with Crippen molar-refractivity contribution >= 4 is 11.8 Å². The Kier molecular flexibility index (Phi) is 3.22. The van der Waals surface area contributed by atoms with Crippen LogP contribution in [0.2, 0.25) is 0 Å². The number of pyridine rings is 1. The van der Waals surface area contributed by atoms with E-state index in [1.165, 1.54) is 24.6 Å². The Morgan fingerprint density at radius 2 is 2.31 bits per heavy atom. The Labute approximate surface area is 83.4 Å². The van der Waals surface area contributed by atoms with E-state index in [1.807, 2.05) is 30.1 Å². The third-order valence-corrected chi connectivity index (χ3v) is 3.09. The van der Waals surface area contributed by atoms with E-state index in [1.54, 1.807) is 0 Å². The average molecular weight is 193 g/mol. The Morgan fingerprint density at radius 3 is 3.00 bits per heavy atom. The van der Waals surface area contributed by atoms with Crippen molar-refractivity contribution < 1.29 is 0 Å². The summed E-state index contributed by atoms with van der Waals surface area (Å²) in [6.45, 7) is 3.38. The number of thioether (sulfide) groups is 1. The lowest BCUT2D eigenvalue weighted by atomic mass is 10.3. The van der Waals surface area contributed by atoms with Crippen molar-refractivity contribution in [3.05, 3.63) is 30.1 Å². The molecule has 3 heteroatoms. The second kappa shape index (κ2) is 4.63. The van der Waals surface area contributed by atoms with Gasteiger partial charge in [-0.1, -0.05) is 0 Å². The zero-order chi connectivity index (χ0) is 8.93. The molecule has 13 heavy (non-hydrogen) atoms. The van der Waals surface area contributed by atoms with Crippen LogP contribution in [0.3, 0.4) is 0 Å². The molecule has 0 bridgehead atoms. The molecule has 0 saturated carbocycles. The van der Waals surface area contributed by atoms with Gasteiger partial charge in [-0.2, -0.15) is 11.8 Å². The topological polar surface area (TPSA) is 16.1 Å². The lowest BCUT2D eigenvalue weighted by Gasteiger charge is -2.25. The molecule has 1 aliphatic heterocycles. The van der Waals surface area contributed by atoms with E-state index in [2.05, 4.69) is 16.0 Å². The highest BCUT2D eigenvalue weighted by atomic mass is 32.2. The van der Waals surface area contributed by atoms with Crippen molar-refractivity contribution in [2.75, 3.05) is 24.6 Å². The fourth-order valence-electron chi connectivity index (χ4n) is 1.43. The first-order chi connectivity index (χ1) is 6.45. The summed E-state index contributed by atoms with van der Waals surface area (Å²) < 4.78 is 0. The number of nitrogens with zero attached hydrogens (tertiary/aromatic N) is 2. The maximum absolute atomic E-state index is 4.29. The van der Waals surface area contributed by atoms with E-state index in [0.29, 0.717) is 0 Å². The molecule has 2 heterocycles. The number of aromatic nitrogens is 1. The van der Waals surface area contributed by atoms with Gasteiger partial charge in [-0.05, 0) is 18.2 Å². The second-order valence-electron chi connectivity index (χ2n) is 3.14. The molecule has 0 N–H and O–H groups in total. The normalized spacial score (nSPS) is 18.8. The van der Waals surface area contributed by atoms with Gasteiger partial charge in [0.2, 0.25) is 0 Å². The summed E-state index contributed by atoms with van der Waals surface area (Å²) in [5.41, 5.74) is 1.13. The molecule has 1 aromatic heterocycles. The molecule has 69 valence electrons. The molecule has 1 radical (unpaired) electrons. The average Bonchev–Trinajstić information content (AvgIpc) is 2.21. The predicted octanol–water partition coefficient (Wildman–Crippen LogP) is 1.43. The van der Waals surface area contributed by atoms with E-state index in [4.69, 9.17) is 0 Å². The minimum absolute atomic E-state index is 0.984. The van der Waals surface area contributed by atoms with Gasteiger partial charge in [-0.3, -0.25) is 9.88 Å². The Hall–Kier alpha value is -0.540. The van der Waals surface area contributed by atoms with Crippen LogP contribution in [0.1, 0.15) is 5.69 Å². The molecule has 0 spiro atoms. The van der Waals surface area contributed by atoms with Crippen LogP contribution in [0, 0.1) is 6.07 Å². The monoisotopic (exact) mass is 193 g/mol. The van der Waals surface area contributed by atoms with Gasteiger partial charge in [-0.25, -0.2) is 0 Å². The maximum atomic E-state index is 4.29. The van der Waals surface area contributed by atoms with Crippen LogP contribution >= 0.6 is 11.8 Å². The SMILES string of the molecule is [c]1ccnc(CN2CCSCC2)c1. The summed E-state index contributed by atoms with van der Waals surface area (Å²) in [7, 11) is 0. The first-order valence-corrected chi connectivity index (χ1v) is 5.72. The summed E-state index contributed by atoms with van der Waals surface area (Å²) >= 11 is 2.04. The van der Waals surface area contributed by atoms with Crippen molar-refractivity contribution in [2.45, 2.75) is 6.54 Å². The molecule has 1 aromatic rings. The highest BCUT2D eigenvalue weighted by molar-refractivity contribution is 7.99. The molecule has 0 aromatic carbocycles. The quantitative estimate of drug-likeness (QED) is 0.707. The lowest BCUT2D eigenvalue weighted by Crippen LogP contribution is -2.32. The zero-order valence-electron chi connectivity index (χ0n) is 7.57. The van der Waals surface area contributed by atoms with Gasteiger partial charge in [0, 0.05) is 37.3 Å². The molecule has 0 unspecified atom stereocenters. The molecule has 1 aliphatic rings. The van der Waals surface area contributed by atoms with Crippen LogP contribution in [0.15, 0.2) is 18.3 Å². The summed E-state index contributed by atoms with van der Waals surface area (Å²) in [4.78, 5) is 6.74. The van der Waals surface area contributed by atoms with Crippen molar-refractivity contribution in [1.82, 2.24) is 9.88 Å². The van der Waals surface area contributed by atoms with Gasteiger partial charge in [0.15, 0.2) is 0 Å². The third kappa shape index (κ3) is 2.71. The number of hydrogen-bond donors (Lipinski definition) is 0. The van der Waals surface area contributed by atoms with Crippen LogP contribution in [0.5, 0.6) is 0 Å². The van der Waals surface area contributed by atoms with Gasteiger partial charge in [0.1, 0.15) is 0 Å². The lowest BCUT2D eigenvalue weighted by molar-refractivity contribution is 0.291. The molecule has 0 atom stereocenters. The molecular weight excluding hydrogens is 180 g/mol. The highest BCUT2D eigenvalue weighted by Crippen LogP contribution is 2.11. The van der Waals surface area contributed by atoms with Gasteiger partial charge in [0.05, 0.1) is 5.69 Å². The molecular formula is C10H13N2S. The first kappa shape index (κ1) is 9.03. The second-order valence-corrected chi connectivity index (χ2v) is 4.36. The van der Waals surface area contributed by atoms with E-state index < -0.39 is 0 Å². The molecule has 1 fully saturated rings. The summed E-state index contributed by atoms with van der Waals surface area (Å²) in [6, 6.07) is 6.87. The van der Waals surface area contributed by atoms with Crippen LogP contribution in [0.25, 0.3) is 0 Å². The Balaban J connectivity index is 1.90. The van der Waals surface area contributed by atoms with Gasteiger partial charge < -0.3 is 0 Å².